The van der Waals surface area contributed by atoms with Crippen LogP contribution in [0.5, 0.6) is 11.5 Å². The Morgan fingerprint density at radius 3 is 1.21 bits per heavy atom. The van der Waals surface area contributed by atoms with Gasteiger partial charge in [0, 0.05) is 28.7 Å². The zero-order chi connectivity index (χ0) is 40.4. The molecule has 0 saturated carbocycles. The minimum absolute atomic E-state index is 0.285. The second kappa shape index (κ2) is 18.3. The molecule has 0 bridgehead atoms. The number of hydrogen-bond acceptors (Lipinski definition) is 8. The first-order valence-corrected chi connectivity index (χ1v) is 18.4. The van der Waals surface area contributed by atoms with E-state index in [4.69, 9.17) is 18.9 Å². The van der Waals surface area contributed by atoms with Crippen LogP contribution in [0.3, 0.4) is 0 Å². The van der Waals surface area contributed by atoms with E-state index >= 15 is 0 Å². The van der Waals surface area contributed by atoms with Gasteiger partial charge < -0.3 is 29.2 Å². The number of hydrogen-bond donors (Lipinski definition) is 2. The van der Waals surface area contributed by atoms with E-state index in [-0.39, 0.29) is 13.2 Å². The third kappa shape index (κ3) is 9.93. The molecule has 6 aromatic rings. The highest BCUT2D eigenvalue weighted by molar-refractivity contribution is 5.82. The Kier molecular flexibility index (Phi) is 12.8. The van der Waals surface area contributed by atoms with Crippen molar-refractivity contribution in [1.29, 1.82) is 0 Å². The van der Waals surface area contributed by atoms with Crippen molar-refractivity contribution in [2.24, 2.45) is 0 Å². The molecule has 0 aliphatic heterocycles. The van der Waals surface area contributed by atoms with Crippen molar-refractivity contribution in [3.05, 3.63) is 182 Å². The quantitative estimate of drug-likeness (QED) is 0.0570. The Labute approximate surface area is 332 Å². The average Bonchev–Trinajstić information content (AvgIpc) is 3.25. The van der Waals surface area contributed by atoms with Crippen LogP contribution in [0, 0.1) is 0 Å². The van der Waals surface area contributed by atoms with Crippen molar-refractivity contribution >= 4 is 11.9 Å². The van der Waals surface area contributed by atoms with E-state index in [9.17, 15) is 19.8 Å². The number of carbonyl (C=O) groups is 2. The molecule has 0 aromatic heterocycles. The van der Waals surface area contributed by atoms with Gasteiger partial charge in [0.25, 0.3) is 0 Å². The van der Waals surface area contributed by atoms with Gasteiger partial charge in [0.05, 0.1) is 0 Å². The summed E-state index contributed by atoms with van der Waals surface area (Å²) in [5, 5.41) is 20.7. The number of aliphatic hydroxyl groups is 2. The standard InChI is InChI=1S/C49H44O8/c1-5-45(50)56-47(52)31-54-43-27-25-39(29-41(43)37-21-17-35(18-22-37)33-13-9-7-10-14-33)49(3,4)40-26-28-44(55-32-48(53)57-46(51)6-2)42(30-40)38-23-19-36(20-24-38)34-15-11-8-12-16-34/h5-30,47-48,52-53H,1-2,31-32H2,3-4H3. The highest BCUT2D eigenvalue weighted by atomic mass is 16.7. The molecule has 0 saturated heterocycles. The predicted octanol–water partition coefficient (Wildman–Crippen LogP) is 9.53. The number of ether oxygens (including phenoxy) is 4. The largest absolute Gasteiger partial charge is 0.486 e. The molecule has 0 amide bonds. The van der Waals surface area contributed by atoms with Crippen LogP contribution in [0.4, 0.5) is 0 Å². The maximum Gasteiger partial charge on any atom is 0.332 e. The summed E-state index contributed by atoms with van der Waals surface area (Å²) in [7, 11) is 0. The molecule has 0 spiro atoms. The highest BCUT2D eigenvalue weighted by Crippen LogP contribution is 2.42. The van der Waals surface area contributed by atoms with E-state index in [0.29, 0.717) is 11.5 Å². The monoisotopic (exact) mass is 760 g/mol. The number of esters is 2. The SMILES string of the molecule is C=CC(=O)OC(O)COc1ccc(C(C)(C)c2ccc(OCC(O)OC(=O)C=C)c(-c3ccc(-c4ccccc4)cc3)c2)cc1-c1ccc(-c2ccccc2)cc1. The van der Waals surface area contributed by atoms with Crippen LogP contribution in [-0.2, 0) is 24.5 Å². The van der Waals surface area contributed by atoms with Crippen molar-refractivity contribution in [1.82, 2.24) is 0 Å². The zero-order valence-corrected chi connectivity index (χ0v) is 31.8. The molecule has 2 N–H and O–H groups in total. The summed E-state index contributed by atoms with van der Waals surface area (Å²) in [5.74, 6) is -0.519. The minimum atomic E-state index is -1.49. The molecule has 0 fully saturated rings. The summed E-state index contributed by atoms with van der Waals surface area (Å²) >= 11 is 0. The van der Waals surface area contributed by atoms with Crippen molar-refractivity contribution in [3.8, 4) is 56.0 Å². The number of rotatable bonds is 16. The maximum atomic E-state index is 11.7. The lowest BCUT2D eigenvalue weighted by Crippen LogP contribution is -2.24. The minimum Gasteiger partial charge on any atom is -0.486 e. The lowest BCUT2D eigenvalue weighted by atomic mass is 9.76. The Morgan fingerprint density at radius 2 is 0.860 bits per heavy atom. The van der Waals surface area contributed by atoms with E-state index in [2.05, 4.69) is 87.7 Å². The first kappa shape index (κ1) is 39.9. The third-order valence-electron chi connectivity index (χ3n) is 9.61. The molecule has 6 rings (SSSR count). The summed E-state index contributed by atoms with van der Waals surface area (Å²) in [6.07, 6.45) is -1.02. The molecule has 2 unspecified atom stereocenters. The Balaban J connectivity index is 1.37. The van der Waals surface area contributed by atoms with Crippen LogP contribution in [0.1, 0.15) is 25.0 Å². The fourth-order valence-corrected chi connectivity index (χ4v) is 6.41. The molecule has 8 nitrogen and oxygen atoms in total. The molecule has 0 aliphatic rings. The second-order valence-corrected chi connectivity index (χ2v) is 13.7. The van der Waals surface area contributed by atoms with Crippen molar-refractivity contribution in [3.63, 3.8) is 0 Å². The molecule has 0 aliphatic carbocycles. The van der Waals surface area contributed by atoms with Crippen LogP contribution in [0.2, 0.25) is 0 Å². The van der Waals surface area contributed by atoms with Gasteiger partial charge in [-0.1, -0.05) is 148 Å². The fraction of sp³-hybridized carbons (Fsp3) is 0.143. The van der Waals surface area contributed by atoms with Crippen LogP contribution >= 0.6 is 0 Å². The van der Waals surface area contributed by atoms with Gasteiger partial charge in [-0.3, -0.25) is 0 Å². The van der Waals surface area contributed by atoms with E-state index in [1.54, 1.807) is 0 Å². The predicted molar refractivity (Wildman–Crippen MR) is 222 cm³/mol. The Hall–Kier alpha value is -6.74. The molecule has 8 heteroatoms. The maximum absolute atomic E-state index is 11.7. The Morgan fingerprint density at radius 1 is 0.526 bits per heavy atom. The number of carbonyl (C=O) groups excluding carboxylic acids is 2. The fourth-order valence-electron chi connectivity index (χ4n) is 6.41. The molecular formula is C49H44O8. The van der Waals surface area contributed by atoms with Crippen LogP contribution in [0.15, 0.2) is 171 Å². The van der Waals surface area contributed by atoms with Gasteiger partial charge in [-0.25, -0.2) is 9.59 Å². The molecule has 0 radical (unpaired) electrons. The van der Waals surface area contributed by atoms with Crippen LogP contribution < -0.4 is 9.47 Å². The van der Waals surface area contributed by atoms with Crippen molar-refractivity contribution < 1.29 is 38.7 Å². The lowest BCUT2D eigenvalue weighted by Gasteiger charge is -2.29. The molecule has 2 atom stereocenters. The zero-order valence-electron chi connectivity index (χ0n) is 31.8. The summed E-state index contributed by atoms with van der Waals surface area (Å²) in [5.41, 5.74) is 9.02. The van der Waals surface area contributed by atoms with Crippen LogP contribution in [0.25, 0.3) is 44.5 Å². The second-order valence-electron chi connectivity index (χ2n) is 13.7. The van der Waals surface area contributed by atoms with E-state index < -0.39 is 29.9 Å². The third-order valence-corrected chi connectivity index (χ3v) is 9.61. The number of benzene rings is 6. The molecular weight excluding hydrogens is 717 g/mol. The van der Waals surface area contributed by atoms with E-state index in [0.717, 1.165) is 67.8 Å². The van der Waals surface area contributed by atoms with Gasteiger partial charge in [0.1, 0.15) is 11.5 Å². The van der Waals surface area contributed by atoms with E-state index in [1.807, 2.05) is 84.9 Å². The summed E-state index contributed by atoms with van der Waals surface area (Å²) < 4.78 is 22.0. The summed E-state index contributed by atoms with van der Waals surface area (Å²) in [6, 6.07) is 48.3. The van der Waals surface area contributed by atoms with Crippen molar-refractivity contribution in [2.45, 2.75) is 31.8 Å². The lowest BCUT2D eigenvalue weighted by molar-refractivity contribution is -0.167. The molecule has 0 heterocycles. The molecule has 6 aromatic carbocycles. The summed E-state index contributed by atoms with van der Waals surface area (Å²) in [4.78, 5) is 23.4. The highest BCUT2D eigenvalue weighted by Gasteiger charge is 2.27. The topological polar surface area (TPSA) is 112 Å². The van der Waals surface area contributed by atoms with Crippen LogP contribution in [-0.4, -0.2) is 47.9 Å². The first-order valence-electron chi connectivity index (χ1n) is 18.4. The van der Waals surface area contributed by atoms with Gasteiger partial charge in [-0.15, -0.1) is 0 Å². The smallest absolute Gasteiger partial charge is 0.332 e. The van der Waals surface area contributed by atoms with E-state index in [1.165, 1.54) is 0 Å². The Bertz CT molecular complexity index is 2150. The normalized spacial score (nSPS) is 12.1. The van der Waals surface area contributed by atoms with Gasteiger partial charge in [-0.05, 0) is 68.8 Å². The van der Waals surface area contributed by atoms with Crippen molar-refractivity contribution in [2.75, 3.05) is 13.2 Å². The van der Waals surface area contributed by atoms with Gasteiger partial charge >= 0.3 is 11.9 Å². The molecule has 288 valence electrons. The summed E-state index contributed by atoms with van der Waals surface area (Å²) in [6.45, 7) is 10.4. The van der Waals surface area contributed by atoms with Gasteiger partial charge in [0.2, 0.25) is 12.6 Å². The number of aliphatic hydroxyl groups excluding tert-OH is 2. The molecule has 57 heavy (non-hydrogen) atoms. The van der Waals surface area contributed by atoms with Gasteiger partial charge in [-0.2, -0.15) is 0 Å². The average molecular weight is 761 g/mol. The van der Waals surface area contributed by atoms with Gasteiger partial charge in [0.15, 0.2) is 13.2 Å². The first-order chi connectivity index (χ1) is 27.5.